The van der Waals surface area contributed by atoms with Gasteiger partial charge in [0.1, 0.15) is 0 Å². The third-order valence-electron chi connectivity index (χ3n) is 5.56. The maximum absolute atomic E-state index is 5.65. The van der Waals surface area contributed by atoms with Crippen molar-refractivity contribution in [3.63, 3.8) is 0 Å². The van der Waals surface area contributed by atoms with Gasteiger partial charge < -0.3 is 14.8 Å². The standard InChI is InChI=1S/C22H25N5S/c1-4-26-21(20(25-22(26)28)19-7-5-6-10-24-19)18-13-15(2)27(16(18)3)14-17-8-11-23-12-9-17/h5-13,20-21H,4,14H2,1-3H3,(H,25,28)/t20-,21+/m1/s1. The highest BCUT2D eigenvalue weighted by Gasteiger charge is 2.40. The van der Waals surface area contributed by atoms with Crippen LogP contribution >= 0.6 is 12.2 Å². The molecule has 1 aliphatic rings. The number of aromatic nitrogens is 3. The van der Waals surface area contributed by atoms with Gasteiger partial charge in [-0.2, -0.15) is 0 Å². The predicted molar refractivity (Wildman–Crippen MR) is 115 cm³/mol. The topological polar surface area (TPSA) is 46.0 Å². The number of nitrogens with zero attached hydrogens (tertiary/aromatic N) is 4. The number of pyridine rings is 2. The van der Waals surface area contributed by atoms with Gasteiger partial charge in [0.05, 0.1) is 17.8 Å². The molecule has 3 aromatic rings. The molecule has 0 radical (unpaired) electrons. The number of thiocarbonyl (C=S) groups is 1. The normalized spacial score (nSPS) is 19.1. The SMILES string of the molecule is CCN1C(=S)N[C@H](c2ccccn2)[C@@H]1c1cc(C)n(Cc2ccncc2)c1C. The van der Waals surface area contributed by atoms with Crippen LogP contribution in [0.4, 0.5) is 0 Å². The Morgan fingerprint density at radius 3 is 2.57 bits per heavy atom. The van der Waals surface area contributed by atoms with Crippen LogP contribution in [0.15, 0.2) is 55.0 Å². The van der Waals surface area contributed by atoms with Gasteiger partial charge in [0, 0.05) is 43.1 Å². The fourth-order valence-electron chi connectivity index (χ4n) is 4.13. The van der Waals surface area contributed by atoms with Crippen molar-refractivity contribution in [2.75, 3.05) is 6.54 Å². The van der Waals surface area contributed by atoms with Crippen LogP contribution in [-0.4, -0.2) is 31.1 Å². The first-order valence-electron chi connectivity index (χ1n) is 9.63. The molecule has 2 atom stereocenters. The number of hydrogen-bond acceptors (Lipinski definition) is 3. The Kier molecular flexibility index (Phi) is 5.13. The summed E-state index contributed by atoms with van der Waals surface area (Å²) in [5.74, 6) is 0. The van der Waals surface area contributed by atoms with Gasteiger partial charge in [-0.25, -0.2) is 0 Å². The van der Waals surface area contributed by atoms with E-state index in [1.165, 1.54) is 22.5 Å². The first kappa shape index (κ1) is 18.6. The Hall–Kier alpha value is -2.73. The quantitative estimate of drug-likeness (QED) is 0.668. The van der Waals surface area contributed by atoms with Crippen LogP contribution < -0.4 is 5.32 Å². The molecule has 3 aromatic heterocycles. The van der Waals surface area contributed by atoms with Gasteiger partial charge in [0.2, 0.25) is 0 Å². The summed E-state index contributed by atoms with van der Waals surface area (Å²) in [6, 6.07) is 12.7. The van der Waals surface area contributed by atoms with Crippen LogP contribution in [-0.2, 0) is 6.54 Å². The van der Waals surface area contributed by atoms with Crippen LogP contribution in [0.25, 0.3) is 0 Å². The lowest BCUT2D eigenvalue weighted by atomic mass is 9.97. The average molecular weight is 392 g/mol. The maximum atomic E-state index is 5.65. The van der Waals surface area contributed by atoms with E-state index in [4.69, 9.17) is 12.2 Å². The minimum absolute atomic E-state index is 0.0449. The molecule has 0 saturated carbocycles. The van der Waals surface area contributed by atoms with E-state index in [-0.39, 0.29) is 12.1 Å². The smallest absolute Gasteiger partial charge is 0.170 e. The fourth-order valence-corrected chi connectivity index (χ4v) is 4.50. The second-order valence-corrected chi connectivity index (χ2v) is 7.57. The molecule has 1 saturated heterocycles. The average Bonchev–Trinajstić information content (AvgIpc) is 3.20. The van der Waals surface area contributed by atoms with Crippen molar-refractivity contribution in [3.8, 4) is 0 Å². The number of aryl methyl sites for hydroxylation is 1. The van der Waals surface area contributed by atoms with Gasteiger partial charge in [-0.3, -0.25) is 9.97 Å². The van der Waals surface area contributed by atoms with Gasteiger partial charge in [-0.15, -0.1) is 0 Å². The number of nitrogens with one attached hydrogen (secondary N) is 1. The monoisotopic (exact) mass is 391 g/mol. The number of hydrogen-bond donors (Lipinski definition) is 1. The van der Waals surface area contributed by atoms with Crippen molar-refractivity contribution < 1.29 is 0 Å². The summed E-state index contributed by atoms with van der Waals surface area (Å²) < 4.78 is 2.37. The molecule has 1 aliphatic heterocycles. The zero-order valence-corrected chi connectivity index (χ0v) is 17.3. The highest BCUT2D eigenvalue weighted by Crippen LogP contribution is 2.40. The molecule has 0 aromatic carbocycles. The van der Waals surface area contributed by atoms with Crippen LogP contribution in [0.3, 0.4) is 0 Å². The van der Waals surface area contributed by atoms with Gasteiger partial charge >= 0.3 is 0 Å². The van der Waals surface area contributed by atoms with Crippen molar-refractivity contribution in [1.82, 2.24) is 24.8 Å². The summed E-state index contributed by atoms with van der Waals surface area (Å²) in [4.78, 5) is 11.0. The molecule has 6 heteroatoms. The van der Waals surface area contributed by atoms with Crippen LogP contribution in [0.1, 0.15) is 47.2 Å². The van der Waals surface area contributed by atoms with Gasteiger partial charge in [0.15, 0.2) is 5.11 Å². The molecule has 5 nitrogen and oxygen atoms in total. The minimum atomic E-state index is 0.0449. The van der Waals surface area contributed by atoms with E-state index in [0.717, 1.165) is 23.9 Å². The molecule has 0 bridgehead atoms. The third kappa shape index (κ3) is 3.29. The molecular formula is C22H25N5S. The summed E-state index contributed by atoms with van der Waals surface area (Å²) in [6.45, 7) is 8.22. The highest BCUT2D eigenvalue weighted by molar-refractivity contribution is 7.80. The molecule has 144 valence electrons. The lowest BCUT2D eigenvalue weighted by Crippen LogP contribution is -2.29. The van der Waals surface area contributed by atoms with E-state index in [2.05, 4.69) is 69.8 Å². The maximum Gasteiger partial charge on any atom is 0.170 e. The molecule has 0 amide bonds. The van der Waals surface area contributed by atoms with Crippen molar-refractivity contribution in [2.45, 2.75) is 39.4 Å². The van der Waals surface area contributed by atoms with Gasteiger partial charge in [-0.05, 0) is 74.4 Å². The molecule has 0 aliphatic carbocycles. The number of likely N-dealkylation sites (N-methyl/N-ethyl adjacent to an activating group) is 1. The van der Waals surface area contributed by atoms with Gasteiger partial charge in [-0.1, -0.05) is 6.07 Å². The van der Waals surface area contributed by atoms with Crippen molar-refractivity contribution >= 4 is 17.3 Å². The largest absolute Gasteiger partial charge is 0.352 e. The van der Waals surface area contributed by atoms with Crippen LogP contribution in [0, 0.1) is 13.8 Å². The van der Waals surface area contributed by atoms with E-state index >= 15 is 0 Å². The van der Waals surface area contributed by atoms with Crippen molar-refractivity contribution in [1.29, 1.82) is 0 Å². The summed E-state index contributed by atoms with van der Waals surface area (Å²) in [7, 11) is 0. The summed E-state index contributed by atoms with van der Waals surface area (Å²) in [5.41, 5.74) is 6.08. The van der Waals surface area contributed by atoms with Crippen LogP contribution in [0.5, 0.6) is 0 Å². The molecule has 0 unspecified atom stereocenters. The van der Waals surface area contributed by atoms with E-state index in [1.54, 1.807) is 0 Å². The Morgan fingerprint density at radius 1 is 1.11 bits per heavy atom. The first-order valence-corrected chi connectivity index (χ1v) is 10.0. The van der Waals surface area contributed by atoms with Gasteiger partial charge in [0.25, 0.3) is 0 Å². The molecule has 1 fully saturated rings. The lowest BCUT2D eigenvalue weighted by Gasteiger charge is -2.27. The summed E-state index contributed by atoms with van der Waals surface area (Å²) in [5, 5.41) is 4.30. The lowest BCUT2D eigenvalue weighted by molar-refractivity contribution is 0.329. The minimum Gasteiger partial charge on any atom is -0.352 e. The molecule has 28 heavy (non-hydrogen) atoms. The first-order chi connectivity index (χ1) is 13.6. The molecule has 1 N–H and O–H groups in total. The summed E-state index contributed by atoms with van der Waals surface area (Å²) in [6.07, 6.45) is 5.54. The van der Waals surface area contributed by atoms with E-state index in [9.17, 15) is 0 Å². The number of rotatable bonds is 5. The van der Waals surface area contributed by atoms with Crippen molar-refractivity contribution in [3.05, 3.63) is 83.2 Å². The Bertz CT molecular complexity index is 967. The molecule has 4 rings (SSSR count). The Balaban J connectivity index is 1.75. The van der Waals surface area contributed by atoms with Crippen molar-refractivity contribution in [2.24, 2.45) is 0 Å². The fraction of sp³-hybridized carbons (Fsp3) is 0.318. The van der Waals surface area contributed by atoms with E-state index in [0.29, 0.717) is 0 Å². The zero-order valence-electron chi connectivity index (χ0n) is 16.5. The molecule has 4 heterocycles. The Labute approximate surface area is 171 Å². The highest BCUT2D eigenvalue weighted by atomic mass is 32.1. The molecule has 0 spiro atoms. The second-order valence-electron chi connectivity index (χ2n) is 7.18. The third-order valence-corrected chi connectivity index (χ3v) is 5.91. The summed E-state index contributed by atoms with van der Waals surface area (Å²) >= 11 is 5.65. The van der Waals surface area contributed by atoms with E-state index in [1.807, 2.05) is 30.7 Å². The molecular weight excluding hydrogens is 366 g/mol. The zero-order chi connectivity index (χ0) is 19.7. The van der Waals surface area contributed by atoms with E-state index < -0.39 is 0 Å². The predicted octanol–water partition coefficient (Wildman–Crippen LogP) is 3.94. The van der Waals surface area contributed by atoms with Crippen LogP contribution in [0.2, 0.25) is 0 Å². The second kappa shape index (κ2) is 7.72. The Morgan fingerprint density at radius 2 is 1.89 bits per heavy atom.